The van der Waals surface area contributed by atoms with Gasteiger partial charge in [0.15, 0.2) is 17.4 Å². The van der Waals surface area contributed by atoms with Gasteiger partial charge in [-0.05, 0) is 5.92 Å². The van der Waals surface area contributed by atoms with E-state index in [1.165, 1.54) is 0 Å². The van der Waals surface area contributed by atoms with Gasteiger partial charge < -0.3 is 5.48 Å². The Bertz CT molecular complexity index is 12.3. The maximum atomic E-state index is 2.17. The monoisotopic (exact) mass is 106 g/mol. The van der Waals surface area contributed by atoms with Crippen molar-refractivity contribution in [3.8, 4) is 0 Å². The summed E-state index contributed by atoms with van der Waals surface area (Å²) in [5, 5.41) is 0. The van der Waals surface area contributed by atoms with Gasteiger partial charge in [-0.3, -0.25) is 0 Å². The summed E-state index contributed by atoms with van der Waals surface area (Å²) in [7, 11) is 0. The van der Waals surface area contributed by atoms with E-state index < -0.39 is 0 Å². The summed E-state index contributed by atoms with van der Waals surface area (Å²) in [6.07, 6.45) is 0. The highest BCUT2D eigenvalue weighted by atomic mass is 27.0. The lowest BCUT2D eigenvalue weighted by molar-refractivity contribution is 0.737. The highest BCUT2D eigenvalue weighted by Crippen LogP contribution is 1.81. The molecule has 6 heavy (non-hydrogen) atoms. The van der Waals surface area contributed by atoms with Gasteiger partial charge in [-0.25, -0.2) is 0 Å². The van der Waals surface area contributed by atoms with Gasteiger partial charge in [0.1, 0.15) is 0 Å². The summed E-state index contributed by atoms with van der Waals surface area (Å²) in [5.74, 6) is 0.833. The van der Waals surface area contributed by atoms with E-state index in [9.17, 15) is 0 Å². The van der Waals surface area contributed by atoms with Crippen molar-refractivity contribution in [3.05, 3.63) is 0 Å². The molecule has 0 rings (SSSR count). The average molecular weight is 106 g/mol. The molecule has 0 amide bonds. The van der Waals surface area contributed by atoms with Crippen LogP contribution in [0.15, 0.2) is 0 Å². The molecule has 0 radical (unpaired) electrons. The summed E-state index contributed by atoms with van der Waals surface area (Å²) in [5.41, 5.74) is 0. The lowest BCUT2D eigenvalue weighted by atomic mass is 10.3. The van der Waals surface area contributed by atoms with Crippen LogP contribution in [-0.4, -0.2) is 22.8 Å². The highest BCUT2D eigenvalue weighted by molar-refractivity contribution is 5.75. The molecule has 0 fully saturated rings. The van der Waals surface area contributed by atoms with Gasteiger partial charge in [-0.1, -0.05) is 20.8 Å². The van der Waals surface area contributed by atoms with Crippen LogP contribution in [0.4, 0.5) is 0 Å². The third-order valence-corrected chi connectivity index (χ3v) is 0. The minimum Gasteiger partial charge on any atom is -0.412 e. The molecule has 0 unspecified atom stereocenters. The molecular weight excluding hydrogens is 91.0 g/mol. The van der Waals surface area contributed by atoms with Crippen LogP contribution in [0.3, 0.4) is 0 Å². The maximum Gasteiger partial charge on any atom is 0.187 e. The van der Waals surface area contributed by atoms with Crippen molar-refractivity contribution in [2.75, 3.05) is 0 Å². The van der Waals surface area contributed by atoms with Gasteiger partial charge in [-0.15, -0.1) is 0 Å². The second kappa shape index (κ2) is 9.09. The molecule has 40 valence electrons. The summed E-state index contributed by atoms with van der Waals surface area (Å²) in [6, 6.07) is 0. The minimum absolute atomic E-state index is 0. The Balaban J connectivity index is -0.0000000450. The first-order chi connectivity index (χ1) is 1.73. The van der Waals surface area contributed by atoms with Crippen molar-refractivity contribution in [1.82, 2.24) is 0 Å². The zero-order chi connectivity index (χ0) is 3.58. The van der Waals surface area contributed by atoms with E-state index in [0.717, 1.165) is 5.92 Å². The normalized spacial score (nSPS) is 6.00. The number of hydrogen-bond donors (Lipinski definition) is 0. The minimum atomic E-state index is 0. The Hall–Kier alpha value is 0.492. The Morgan fingerprint density at radius 1 is 1.00 bits per heavy atom. The van der Waals surface area contributed by atoms with E-state index in [-0.39, 0.29) is 22.8 Å². The van der Waals surface area contributed by atoms with Gasteiger partial charge in [-0.2, -0.15) is 0 Å². The standard InChI is InChI=1S/C4H10.Al.H2O.3H/c1-4(2)3;;;;;/h4H,1-3H3;;1H2;;;. The lowest BCUT2D eigenvalue weighted by Gasteiger charge is -1.79. The fraction of sp³-hybridized carbons (Fsp3) is 1.00. The van der Waals surface area contributed by atoms with E-state index in [2.05, 4.69) is 20.8 Å². The predicted octanol–water partition coefficient (Wildman–Crippen LogP) is -0.346. The molecule has 0 bridgehead atoms. The fourth-order valence-corrected chi connectivity index (χ4v) is 0. The van der Waals surface area contributed by atoms with Crippen LogP contribution in [0.1, 0.15) is 20.8 Å². The molecule has 0 aromatic rings. The van der Waals surface area contributed by atoms with E-state index in [4.69, 9.17) is 0 Å². The van der Waals surface area contributed by atoms with E-state index >= 15 is 0 Å². The predicted molar refractivity (Wildman–Crippen MR) is 34.1 cm³/mol. The molecule has 0 saturated carbocycles. The van der Waals surface area contributed by atoms with E-state index in [1.807, 2.05) is 0 Å². The van der Waals surface area contributed by atoms with Crippen LogP contribution < -0.4 is 0 Å². The molecule has 0 spiro atoms. The SMILES string of the molecule is CC(C)C.O.[AlH3]. The molecule has 0 aliphatic heterocycles. The van der Waals surface area contributed by atoms with Crippen LogP contribution in [-0.2, 0) is 0 Å². The first-order valence-electron chi connectivity index (χ1n) is 1.73. The fourth-order valence-electron chi connectivity index (χ4n) is 0. The van der Waals surface area contributed by atoms with Crippen LogP contribution >= 0.6 is 0 Å². The Morgan fingerprint density at radius 2 is 1.00 bits per heavy atom. The first-order valence-corrected chi connectivity index (χ1v) is 1.73. The molecule has 1 nitrogen and oxygen atoms in total. The number of hydrogen-bond acceptors (Lipinski definition) is 0. The molecule has 0 aromatic carbocycles. The van der Waals surface area contributed by atoms with Crippen molar-refractivity contribution in [1.29, 1.82) is 0 Å². The zero-order valence-electron chi connectivity index (χ0n) is 4.08. The number of rotatable bonds is 0. The molecule has 0 saturated heterocycles. The molecule has 0 atom stereocenters. The average Bonchev–Trinajstić information content (AvgIpc) is 0.811. The van der Waals surface area contributed by atoms with Gasteiger partial charge in [0, 0.05) is 0 Å². The Morgan fingerprint density at radius 3 is 1.00 bits per heavy atom. The van der Waals surface area contributed by atoms with Gasteiger partial charge in [0.25, 0.3) is 0 Å². The zero-order valence-corrected chi connectivity index (χ0v) is 4.08. The quantitative estimate of drug-likeness (QED) is 0.378. The molecule has 0 aliphatic rings. The molecule has 2 N–H and O–H groups in total. The molecule has 0 aromatic heterocycles. The molecular formula is C4H15AlO. The van der Waals surface area contributed by atoms with Crippen LogP contribution in [0.2, 0.25) is 0 Å². The molecule has 0 aliphatic carbocycles. The second-order valence-corrected chi connectivity index (χ2v) is 1.73. The van der Waals surface area contributed by atoms with Crippen LogP contribution in [0, 0.1) is 5.92 Å². The largest absolute Gasteiger partial charge is 0.412 e. The second-order valence-electron chi connectivity index (χ2n) is 1.73. The van der Waals surface area contributed by atoms with Crippen molar-refractivity contribution < 1.29 is 5.48 Å². The third kappa shape index (κ3) is 226. The van der Waals surface area contributed by atoms with E-state index in [0.29, 0.717) is 0 Å². The maximum absolute atomic E-state index is 2.17. The van der Waals surface area contributed by atoms with Crippen molar-refractivity contribution in [3.63, 3.8) is 0 Å². The van der Waals surface area contributed by atoms with E-state index in [1.54, 1.807) is 0 Å². The topological polar surface area (TPSA) is 31.5 Å². The third-order valence-electron chi connectivity index (χ3n) is 0. The van der Waals surface area contributed by atoms with Crippen LogP contribution in [0.25, 0.3) is 0 Å². The summed E-state index contributed by atoms with van der Waals surface area (Å²) in [4.78, 5) is 0. The smallest absolute Gasteiger partial charge is 0.187 e. The first kappa shape index (κ1) is 16.1. The van der Waals surface area contributed by atoms with Crippen molar-refractivity contribution in [2.24, 2.45) is 5.92 Å². The summed E-state index contributed by atoms with van der Waals surface area (Å²) < 4.78 is 0. The van der Waals surface area contributed by atoms with Gasteiger partial charge in [0.05, 0.1) is 0 Å². The Labute approximate surface area is 50.2 Å². The molecule has 0 heterocycles. The Kier molecular flexibility index (Phi) is 24.3. The van der Waals surface area contributed by atoms with Gasteiger partial charge in [0.2, 0.25) is 0 Å². The highest BCUT2D eigenvalue weighted by Gasteiger charge is 1.68. The summed E-state index contributed by atoms with van der Waals surface area (Å²) in [6.45, 7) is 6.50. The molecule has 2 heteroatoms. The van der Waals surface area contributed by atoms with Crippen molar-refractivity contribution in [2.45, 2.75) is 20.8 Å². The van der Waals surface area contributed by atoms with Crippen LogP contribution in [0.5, 0.6) is 0 Å². The lowest BCUT2D eigenvalue weighted by Crippen LogP contribution is -1.66. The van der Waals surface area contributed by atoms with Gasteiger partial charge >= 0.3 is 0 Å². The van der Waals surface area contributed by atoms with Crippen molar-refractivity contribution >= 4 is 17.4 Å². The summed E-state index contributed by atoms with van der Waals surface area (Å²) >= 11 is 0.